The van der Waals surface area contributed by atoms with Crippen molar-refractivity contribution >= 4 is 23.2 Å². The van der Waals surface area contributed by atoms with E-state index in [2.05, 4.69) is 11.0 Å². The molecule has 0 aliphatic rings. The molecule has 2 N–H and O–H groups in total. The van der Waals surface area contributed by atoms with Gasteiger partial charge >= 0.3 is 0 Å². The van der Waals surface area contributed by atoms with E-state index < -0.39 is 0 Å². The summed E-state index contributed by atoms with van der Waals surface area (Å²) in [4.78, 5) is 2.19. The van der Waals surface area contributed by atoms with Gasteiger partial charge in [0.05, 0.1) is 0 Å². The Morgan fingerprint density at radius 2 is 1.85 bits per heavy atom. The Kier molecular flexibility index (Phi) is 5.44. The van der Waals surface area contributed by atoms with Gasteiger partial charge in [0, 0.05) is 29.2 Å². The van der Waals surface area contributed by atoms with E-state index in [1.165, 1.54) is 0 Å². The smallest absolute Gasteiger partial charge is 0.0485 e. The number of benzene rings is 2. The first-order valence-corrected chi connectivity index (χ1v) is 7.26. The van der Waals surface area contributed by atoms with Gasteiger partial charge in [-0.25, -0.2) is 0 Å². The van der Waals surface area contributed by atoms with Crippen molar-refractivity contribution in [1.29, 1.82) is 0 Å². The van der Waals surface area contributed by atoms with Gasteiger partial charge < -0.3 is 5.73 Å². The van der Waals surface area contributed by atoms with E-state index in [1.54, 1.807) is 0 Å². The molecule has 0 aromatic heterocycles. The van der Waals surface area contributed by atoms with Crippen molar-refractivity contribution < 1.29 is 0 Å². The summed E-state index contributed by atoms with van der Waals surface area (Å²) in [6.07, 6.45) is 0. The van der Waals surface area contributed by atoms with E-state index in [1.807, 2.05) is 49.5 Å². The number of hydrogen-bond acceptors (Lipinski definition) is 2. The molecular weight excluding hydrogens is 291 g/mol. The van der Waals surface area contributed by atoms with E-state index in [0.717, 1.165) is 27.7 Å². The summed E-state index contributed by atoms with van der Waals surface area (Å²) in [7, 11) is 2.04. The first kappa shape index (κ1) is 15.3. The minimum absolute atomic E-state index is 0.0858. The minimum Gasteiger partial charge on any atom is -0.329 e. The summed E-state index contributed by atoms with van der Waals surface area (Å²) < 4.78 is 0. The molecule has 20 heavy (non-hydrogen) atoms. The molecule has 0 fully saturated rings. The predicted octanol–water partition coefficient (Wildman–Crippen LogP) is 4.13. The lowest BCUT2D eigenvalue weighted by Crippen LogP contribution is -2.30. The molecule has 1 unspecified atom stereocenters. The molecular formula is C16H18Cl2N2. The van der Waals surface area contributed by atoms with Gasteiger partial charge in [0.25, 0.3) is 0 Å². The summed E-state index contributed by atoms with van der Waals surface area (Å²) in [5.41, 5.74) is 8.15. The third kappa shape index (κ3) is 3.74. The number of rotatable bonds is 5. The minimum atomic E-state index is 0.0858. The SMILES string of the molecule is CN(Cc1cccc(Cl)c1)C(CN)c1ccccc1Cl. The van der Waals surface area contributed by atoms with Gasteiger partial charge in [-0.3, -0.25) is 4.90 Å². The van der Waals surface area contributed by atoms with Crippen LogP contribution in [0.4, 0.5) is 0 Å². The lowest BCUT2D eigenvalue weighted by atomic mass is 10.0. The highest BCUT2D eigenvalue weighted by atomic mass is 35.5. The van der Waals surface area contributed by atoms with Crippen LogP contribution < -0.4 is 5.73 Å². The molecule has 0 amide bonds. The van der Waals surface area contributed by atoms with Gasteiger partial charge in [0.2, 0.25) is 0 Å². The van der Waals surface area contributed by atoms with Crippen LogP contribution in [0, 0.1) is 0 Å². The van der Waals surface area contributed by atoms with Crippen molar-refractivity contribution in [1.82, 2.24) is 4.90 Å². The second-order valence-corrected chi connectivity index (χ2v) is 5.66. The monoisotopic (exact) mass is 308 g/mol. The number of nitrogens with two attached hydrogens (primary N) is 1. The van der Waals surface area contributed by atoms with Crippen molar-refractivity contribution in [2.75, 3.05) is 13.6 Å². The Balaban J connectivity index is 2.18. The Bertz CT molecular complexity index is 572. The van der Waals surface area contributed by atoms with Crippen LogP contribution in [0.1, 0.15) is 17.2 Å². The molecule has 2 aromatic carbocycles. The highest BCUT2D eigenvalue weighted by Crippen LogP contribution is 2.27. The fourth-order valence-corrected chi connectivity index (χ4v) is 2.80. The molecule has 0 aliphatic carbocycles. The van der Waals surface area contributed by atoms with Gasteiger partial charge in [-0.1, -0.05) is 53.5 Å². The molecule has 1 atom stereocenters. The zero-order valence-corrected chi connectivity index (χ0v) is 12.9. The van der Waals surface area contributed by atoms with Crippen molar-refractivity contribution in [2.24, 2.45) is 5.73 Å². The number of hydrogen-bond donors (Lipinski definition) is 1. The lowest BCUT2D eigenvalue weighted by molar-refractivity contribution is 0.242. The zero-order valence-electron chi connectivity index (χ0n) is 11.4. The third-order valence-electron chi connectivity index (χ3n) is 3.34. The molecule has 106 valence electrons. The largest absolute Gasteiger partial charge is 0.329 e. The van der Waals surface area contributed by atoms with Crippen molar-refractivity contribution in [2.45, 2.75) is 12.6 Å². The van der Waals surface area contributed by atoms with E-state index in [9.17, 15) is 0 Å². The predicted molar refractivity (Wildman–Crippen MR) is 86.2 cm³/mol. The van der Waals surface area contributed by atoms with E-state index in [-0.39, 0.29) is 6.04 Å². The quantitative estimate of drug-likeness (QED) is 0.900. The maximum absolute atomic E-state index is 6.27. The first-order chi connectivity index (χ1) is 9.61. The maximum atomic E-state index is 6.27. The normalized spacial score (nSPS) is 12.7. The molecule has 0 spiro atoms. The van der Waals surface area contributed by atoms with Crippen LogP contribution in [0.15, 0.2) is 48.5 Å². The Labute approximate surface area is 130 Å². The van der Waals surface area contributed by atoms with Gasteiger partial charge in [-0.05, 0) is 36.4 Å². The topological polar surface area (TPSA) is 29.3 Å². The Morgan fingerprint density at radius 1 is 1.10 bits per heavy atom. The van der Waals surface area contributed by atoms with E-state index in [0.29, 0.717) is 6.54 Å². The Morgan fingerprint density at radius 3 is 2.50 bits per heavy atom. The van der Waals surface area contributed by atoms with Crippen LogP contribution in [0.3, 0.4) is 0 Å². The highest BCUT2D eigenvalue weighted by Gasteiger charge is 2.18. The number of likely N-dealkylation sites (N-methyl/N-ethyl adjacent to an activating group) is 1. The van der Waals surface area contributed by atoms with E-state index in [4.69, 9.17) is 28.9 Å². The molecule has 0 saturated heterocycles. The standard InChI is InChI=1S/C16H18Cl2N2/c1-20(11-12-5-4-6-13(17)9-12)16(10-19)14-7-2-3-8-15(14)18/h2-9,16H,10-11,19H2,1H3. The third-order valence-corrected chi connectivity index (χ3v) is 3.92. The van der Waals surface area contributed by atoms with Gasteiger partial charge in [0.15, 0.2) is 0 Å². The summed E-state index contributed by atoms with van der Waals surface area (Å²) in [6.45, 7) is 1.29. The van der Waals surface area contributed by atoms with Gasteiger partial charge in [-0.2, -0.15) is 0 Å². The summed E-state index contributed by atoms with van der Waals surface area (Å²) in [5, 5.41) is 1.50. The molecule has 2 rings (SSSR count). The van der Waals surface area contributed by atoms with Gasteiger partial charge in [-0.15, -0.1) is 0 Å². The average Bonchev–Trinajstić information content (AvgIpc) is 2.41. The zero-order chi connectivity index (χ0) is 14.5. The second-order valence-electron chi connectivity index (χ2n) is 4.82. The summed E-state index contributed by atoms with van der Waals surface area (Å²) >= 11 is 12.3. The van der Waals surface area contributed by atoms with Crippen LogP contribution in [0.25, 0.3) is 0 Å². The fraction of sp³-hybridized carbons (Fsp3) is 0.250. The van der Waals surface area contributed by atoms with Crippen LogP contribution in [0.2, 0.25) is 10.0 Å². The molecule has 0 aliphatic heterocycles. The maximum Gasteiger partial charge on any atom is 0.0485 e. The van der Waals surface area contributed by atoms with Crippen molar-refractivity contribution in [3.63, 3.8) is 0 Å². The van der Waals surface area contributed by atoms with E-state index >= 15 is 0 Å². The second kappa shape index (κ2) is 7.09. The summed E-state index contributed by atoms with van der Waals surface area (Å²) in [5.74, 6) is 0. The van der Waals surface area contributed by atoms with Crippen LogP contribution in [0.5, 0.6) is 0 Å². The summed E-state index contributed by atoms with van der Waals surface area (Å²) in [6, 6.07) is 15.8. The van der Waals surface area contributed by atoms with Gasteiger partial charge in [0.1, 0.15) is 0 Å². The van der Waals surface area contributed by atoms with Crippen LogP contribution in [-0.4, -0.2) is 18.5 Å². The first-order valence-electron chi connectivity index (χ1n) is 6.51. The molecule has 0 radical (unpaired) electrons. The average molecular weight is 309 g/mol. The molecule has 2 aromatic rings. The van der Waals surface area contributed by atoms with Crippen molar-refractivity contribution in [3.05, 3.63) is 69.7 Å². The molecule has 0 saturated carbocycles. The molecule has 0 bridgehead atoms. The number of halogens is 2. The highest BCUT2D eigenvalue weighted by molar-refractivity contribution is 6.31. The lowest BCUT2D eigenvalue weighted by Gasteiger charge is -2.28. The fourth-order valence-electron chi connectivity index (χ4n) is 2.32. The number of nitrogens with zero attached hydrogens (tertiary/aromatic N) is 1. The van der Waals surface area contributed by atoms with Crippen LogP contribution >= 0.6 is 23.2 Å². The molecule has 4 heteroatoms. The Hall–Kier alpha value is -1.06. The van der Waals surface area contributed by atoms with Crippen LogP contribution in [-0.2, 0) is 6.54 Å². The molecule has 2 nitrogen and oxygen atoms in total. The molecule has 0 heterocycles. The van der Waals surface area contributed by atoms with Crippen molar-refractivity contribution in [3.8, 4) is 0 Å².